The van der Waals surface area contributed by atoms with Crippen LogP contribution in [-0.2, 0) is 19.6 Å². The first kappa shape index (κ1) is 25.4. The summed E-state index contributed by atoms with van der Waals surface area (Å²) in [5, 5.41) is 10.9. The van der Waals surface area contributed by atoms with Gasteiger partial charge in [0.15, 0.2) is 0 Å². The van der Waals surface area contributed by atoms with Crippen molar-refractivity contribution in [2.24, 2.45) is 0 Å². The summed E-state index contributed by atoms with van der Waals surface area (Å²) < 4.78 is 43.3. The van der Waals surface area contributed by atoms with E-state index in [0.717, 1.165) is 0 Å². The maximum atomic E-state index is 12.9. The number of ether oxygens (including phenoxy) is 3. The number of methoxy groups -OCH3 is 1. The Morgan fingerprint density at radius 1 is 1.09 bits per heavy atom. The topological polar surface area (TPSA) is 129 Å². The Balaban J connectivity index is 1.57. The lowest BCUT2D eigenvalue weighted by Crippen LogP contribution is -2.51. The van der Waals surface area contributed by atoms with E-state index in [9.17, 15) is 23.3 Å². The number of carbonyl (C=O) groups is 1. The number of sulfonamides is 1. The number of nitro benzene ring substituents is 1. The molecule has 2 aromatic rings. The molecule has 1 fully saturated rings. The SMILES string of the molecule is COc1ccc(S(=O)(=O)N2CCN(CC(COc3cccc([N+](=O)[O-])c3)OC(C)=O)CC2)cc1. The van der Waals surface area contributed by atoms with Crippen molar-refractivity contribution in [3.63, 3.8) is 0 Å². The average molecular weight is 494 g/mol. The van der Waals surface area contributed by atoms with Gasteiger partial charge in [-0.25, -0.2) is 8.42 Å². The number of hydrogen-bond acceptors (Lipinski definition) is 9. The Kier molecular flexibility index (Phi) is 8.42. The quantitative estimate of drug-likeness (QED) is 0.277. The molecule has 0 saturated carbocycles. The monoisotopic (exact) mass is 493 g/mol. The molecule has 0 radical (unpaired) electrons. The maximum Gasteiger partial charge on any atom is 0.303 e. The molecule has 0 spiro atoms. The van der Waals surface area contributed by atoms with Crippen LogP contribution < -0.4 is 9.47 Å². The van der Waals surface area contributed by atoms with Gasteiger partial charge in [-0.2, -0.15) is 4.31 Å². The molecule has 0 aromatic heterocycles. The third-order valence-corrected chi connectivity index (χ3v) is 7.20. The first-order valence-electron chi connectivity index (χ1n) is 10.6. The van der Waals surface area contributed by atoms with E-state index in [1.54, 1.807) is 18.2 Å². The second kappa shape index (κ2) is 11.3. The Morgan fingerprint density at radius 3 is 2.35 bits per heavy atom. The van der Waals surface area contributed by atoms with Crippen molar-refractivity contribution in [3.8, 4) is 11.5 Å². The summed E-state index contributed by atoms with van der Waals surface area (Å²) in [7, 11) is -2.11. The molecule has 1 unspecified atom stereocenters. The maximum absolute atomic E-state index is 12.9. The van der Waals surface area contributed by atoms with Crippen LogP contribution in [0.5, 0.6) is 11.5 Å². The zero-order chi connectivity index (χ0) is 24.7. The lowest BCUT2D eigenvalue weighted by atomic mass is 10.2. The normalized spacial score (nSPS) is 15.9. The van der Waals surface area contributed by atoms with Gasteiger partial charge in [0.25, 0.3) is 5.69 Å². The van der Waals surface area contributed by atoms with Crippen LogP contribution in [0.4, 0.5) is 5.69 Å². The fourth-order valence-electron chi connectivity index (χ4n) is 3.57. The number of nitrogens with zero attached hydrogens (tertiary/aromatic N) is 3. The molecule has 11 nitrogen and oxygen atoms in total. The van der Waals surface area contributed by atoms with Crippen molar-refractivity contribution < 1.29 is 32.3 Å². The van der Waals surface area contributed by atoms with Gasteiger partial charge >= 0.3 is 5.97 Å². The molecule has 1 heterocycles. The largest absolute Gasteiger partial charge is 0.497 e. The molecule has 3 rings (SSSR count). The number of rotatable bonds is 10. The number of nitro groups is 1. The van der Waals surface area contributed by atoms with Crippen molar-refractivity contribution in [2.45, 2.75) is 17.9 Å². The van der Waals surface area contributed by atoms with E-state index in [4.69, 9.17) is 14.2 Å². The second-order valence-electron chi connectivity index (χ2n) is 7.68. The molecule has 2 aromatic carbocycles. The van der Waals surface area contributed by atoms with Gasteiger partial charge in [-0.05, 0) is 30.3 Å². The molecule has 1 aliphatic rings. The molecule has 0 bridgehead atoms. The lowest BCUT2D eigenvalue weighted by molar-refractivity contribution is -0.384. The Hall–Kier alpha value is -3.22. The fourth-order valence-corrected chi connectivity index (χ4v) is 4.99. The highest BCUT2D eigenvalue weighted by molar-refractivity contribution is 7.89. The highest BCUT2D eigenvalue weighted by atomic mass is 32.2. The van der Waals surface area contributed by atoms with Crippen LogP contribution in [0.15, 0.2) is 53.4 Å². The molecular weight excluding hydrogens is 466 g/mol. The molecule has 1 saturated heterocycles. The molecule has 0 aliphatic carbocycles. The van der Waals surface area contributed by atoms with Gasteiger partial charge in [0, 0.05) is 45.7 Å². The number of benzene rings is 2. The molecule has 1 atom stereocenters. The predicted molar refractivity (Wildman–Crippen MR) is 122 cm³/mol. The van der Waals surface area contributed by atoms with E-state index in [1.807, 2.05) is 4.90 Å². The Labute approximate surface area is 198 Å². The van der Waals surface area contributed by atoms with Gasteiger partial charge in [-0.1, -0.05) is 6.07 Å². The van der Waals surface area contributed by atoms with E-state index in [0.29, 0.717) is 31.1 Å². The van der Waals surface area contributed by atoms with Crippen LogP contribution in [0, 0.1) is 10.1 Å². The summed E-state index contributed by atoms with van der Waals surface area (Å²) in [6.45, 7) is 3.10. The van der Waals surface area contributed by atoms with Gasteiger partial charge < -0.3 is 14.2 Å². The van der Waals surface area contributed by atoms with Crippen molar-refractivity contribution in [3.05, 3.63) is 58.6 Å². The minimum atomic E-state index is -3.63. The number of non-ortho nitro benzene ring substituents is 1. The highest BCUT2D eigenvalue weighted by Gasteiger charge is 2.30. The molecule has 1 aliphatic heterocycles. The van der Waals surface area contributed by atoms with E-state index in [-0.39, 0.29) is 30.3 Å². The molecule has 184 valence electrons. The summed E-state index contributed by atoms with van der Waals surface area (Å²) in [6.07, 6.45) is -0.624. The van der Waals surface area contributed by atoms with Gasteiger partial charge in [0.05, 0.1) is 23.0 Å². The average Bonchev–Trinajstić information content (AvgIpc) is 2.82. The van der Waals surface area contributed by atoms with Crippen LogP contribution >= 0.6 is 0 Å². The summed E-state index contributed by atoms with van der Waals surface area (Å²) in [5.41, 5.74) is -0.101. The summed E-state index contributed by atoms with van der Waals surface area (Å²) in [6, 6.07) is 12.0. The highest BCUT2D eigenvalue weighted by Crippen LogP contribution is 2.22. The van der Waals surface area contributed by atoms with Crippen molar-refractivity contribution >= 4 is 21.7 Å². The van der Waals surface area contributed by atoms with Crippen LogP contribution in [0.1, 0.15) is 6.92 Å². The van der Waals surface area contributed by atoms with Gasteiger partial charge in [0.2, 0.25) is 10.0 Å². The smallest absolute Gasteiger partial charge is 0.303 e. The first-order chi connectivity index (χ1) is 16.2. The number of carbonyl (C=O) groups excluding carboxylic acids is 1. The fraction of sp³-hybridized carbons (Fsp3) is 0.409. The third-order valence-electron chi connectivity index (χ3n) is 5.29. The molecule has 12 heteroatoms. The van der Waals surface area contributed by atoms with Crippen LogP contribution in [0.25, 0.3) is 0 Å². The Morgan fingerprint density at radius 2 is 1.76 bits per heavy atom. The number of esters is 1. The van der Waals surface area contributed by atoms with E-state index >= 15 is 0 Å². The van der Waals surface area contributed by atoms with Crippen LogP contribution in [-0.4, -0.2) is 81.1 Å². The minimum Gasteiger partial charge on any atom is -0.497 e. The van der Waals surface area contributed by atoms with E-state index in [2.05, 4.69) is 0 Å². The first-order valence-corrected chi connectivity index (χ1v) is 12.0. The zero-order valence-corrected chi connectivity index (χ0v) is 19.8. The Bertz CT molecular complexity index is 1100. The van der Waals surface area contributed by atoms with Crippen molar-refractivity contribution in [1.82, 2.24) is 9.21 Å². The number of piperazine rings is 1. The summed E-state index contributed by atoms with van der Waals surface area (Å²) in [4.78, 5) is 24.2. The summed E-state index contributed by atoms with van der Waals surface area (Å²) >= 11 is 0. The minimum absolute atomic E-state index is 0.00507. The van der Waals surface area contributed by atoms with Gasteiger partial charge in [0.1, 0.15) is 24.2 Å². The lowest BCUT2D eigenvalue weighted by Gasteiger charge is -2.35. The van der Waals surface area contributed by atoms with E-state index in [1.165, 1.54) is 48.7 Å². The van der Waals surface area contributed by atoms with Crippen molar-refractivity contribution in [1.29, 1.82) is 0 Å². The van der Waals surface area contributed by atoms with Crippen LogP contribution in [0.2, 0.25) is 0 Å². The summed E-state index contributed by atoms with van der Waals surface area (Å²) in [5.74, 6) is 0.391. The zero-order valence-electron chi connectivity index (χ0n) is 19.0. The predicted octanol–water partition coefficient (Wildman–Crippen LogP) is 1.92. The molecular formula is C22H27N3O8S. The number of hydrogen-bond donors (Lipinski definition) is 0. The molecule has 0 amide bonds. The van der Waals surface area contributed by atoms with E-state index < -0.39 is 27.0 Å². The molecule has 0 N–H and O–H groups in total. The van der Waals surface area contributed by atoms with Gasteiger partial charge in [-0.3, -0.25) is 19.8 Å². The standard InChI is InChI=1S/C22H27N3O8S/c1-17(26)33-21(16-32-20-5-3-4-18(14-20)25(27)28)15-23-10-12-24(13-11-23)34(29,30)22-8-6-19(31-2)7-9-22/h3-9,14,21H,10-13,15-16H2,1-2H3. The second-order valence-corrected chi connectivity index (χ2v) is 9.62. The van der Waals surface area contributed by atoms with Crippen LogP contribution in [0.3, 0.4) is 0 Å². The third kappa shape index (κ3) is 6.65. The van der Waals surface area contributed by atoms with Crippen molar-refractivity contribution in [2.75, 3.05) is 46.4 Å². The molecule has 34 heavy (non-hydrogen) atoms. The van der Waals surface area contributed by atoms with Gasteiger partial charge in [-0.15, -0.1) is 0 Å².